The van der Waals surface area contributed by atoms with Gasteiger partial charge in [-0.3, -0.25) is 4.79 Å². The van der Waals surface area contributed by atoms with Crippen LogP contribution in [0.4, 0.5) is 8.78 Å². The van der Waals surface area contributed by atoms with Gasteiger partial charge in [0.05, 0.1) is 0 Å². The van der Waals surface area contributed by atoms with Gasteiger partial charge in [-0.05, 0) is 25.0 Å². The Bertz CT molecular complexity index is 478. The number of carboxylic acids is 1. The van der Waals surface area contributed by atoms with E-state index in [-0.39, 0.29) is 18.4 Å². The van der Waals surface area contributed by atoms with Crippen LogP contribution in [0.5, 0.6) is 0 Å². The van der Waals surface area contributed by atoms with Crippen molar-refractivity contribution in [1.82, 2.24) is 5.32 Å². The predicted molar refractivity (Wildman–Crippen MR) is 64.8 cm³/mol. The van der Waals surface area contributed by atoms with E-state index in [9.17, 15) is 18.4 Å². The number of carbonyl (C=O) groups is 2. The average Bonchev–Trinajstić information content (AvgIpc) is 2.34. The molecule has 0 radical (unpaired) electrons. The van der Waals surface area contributed by atoms with Crippen molar-refractivity contribution < 1.29 is 23.5 Å². The number of aliphatic carboxylic acids is 1. The summed E-state index contributed by atoms with van der Waals surface area (Å²) in [5, 5.41) is 11.5. The maximum absolute atomic E-state index is 13.0. The van der Waals surface area contributed by atoms with E-state index in [0.29, 0.717) is 6.07 Å². The highest BCUT2D eigenvalue weighted by Gasteiger charge is 2.36. The fourth-order valence-corrected chi connectivity index (χ4v) is 1.76. The molecule has 0 aliphatic heterocycles. The van der Waals surface area contributed by atoms with Crippen LogP contribution in [0.15, 0.2) is 18.2 Å². The molecule has 104 valence electrons. The van der Waals surface area contributed by atoms with Crippen LogP contribution >= 0.6 is 0 Å². The molecule has 0 bridgehead atoms. The highest BCUT2D eigenvalue weighted by atomic mass is 19.1. The molecule has 0 saturated carbocycles. The molecule has 0 unspecified atom stereocenters. The number of benzene rings is 1. The summed E-state index contributed by atoms with van der Waals surface area (Å²) >= 11 is 0. The van der Waals surface area contributed by atoms with Gasteiger partial charge in [-0.25, -0.2) is 13.6 Å². The first-order valence-electron chi connectivity index (χ1n) is 5.86. The lowest BCUT2D eigenvalue weighted by Gasteiger charge is -2.28. The normalized spacial score (nSPS) is 11.2. The van der Waals surface area contributed by atoms with Gasteiger partial charge in [-0.15, -0.1) is 0 Å². The average molecular weight is 271 g/mol. The van der Waals surface area contributed by atoms with Gasteiger partial charge >= 0.3 is 5.97 Å². The minimum Gasteiger partial charge on any atom is -0.480 e. The molecule has 1 rings (SSSR count). The third-order valence-corrected chi connectivity index (χ3v) is 3.09. The lowest BCUT2D eigenvalue weighted by atomic mass is 9.92. The summed E-state index contributed by atoms with van der Waals surface area (Å²) in [6.07, 6.45) is 0.338. The van der Waals surface area contributed by atoms with Crippen molar-refractivity contribution in [2.75, 3.05) is 0 Å². The lowest BCUT2D eigenvalue weighted by Crippen LogP contribution is -2.53. The van der Waals surface area contributed by atoms with E-state index in [2.05, 4.69) is 5.32 Å². The van der Waals surface area contributed by atoms with Crippen LogP contribution in [0.3, 0.4) is 0 Å². The molecule has 0 heterocycles. The standard InChI is InChI=1S/C13H15F2NO3/c1-3-13(4-2,12(18)19)16-11(17)8-5-9(14)7-10(15)6-8/h5-7H,3-4H2,1-2H3,(H,16,17)(H,18,19). The molecule has 0 atom stereocenters. The Labute approximate surface area is 109 Å². The second-order valence-electron chi connectivity index (χ2n) is 4.21. The maximum atomic E-state index is 13.0. The monoisotopic (exact) mass is 271 g/mol. The predicted octanol–water partition coefficient (Wildman–Crippen LogP) is 2.34. The summed E-state index contributed by atoms with van der Waals surface area (Å²) in [6, 6.07) is 2.35. The van der Waals surface area contributed by atoms with Crippen molar-refractivity contribution >= 4 is 11.9 Å². The molecule has 1 aromatic carbocycles. The number of hydrogen-bond donors (Lipinski definition) is 2. The van der Waals surface area contributed by atoms with E-state index < -0.39 is 29.0 Å². The zero-order valence-corrected chi connectivity index (χ0v) is 10.7. The van der Waals surface area contributed by atoms with Crippen LogP contribution in [-0.4, -0.2) is 22.5 Å². The number of rotatable bonds is 5. The Hall–Kier alpha value is -1.98. The Kier molecular flexibility index (Phi) is 4.58. The molecule has 6 heteroatoms. The minimum absolute atomic E-state index is 0.169. The lowest BCUT2D eigenvalue weighted by molar-refractivity contribution is -0.144. The Balaban J connectivity index is 3.03. The quantitative estimate of drug-likeness (QED) is 0.863. The van der Waals surface area contributed by atoms with Gasteiger partial charge in [-0.2, -0.15) is 0 Å². The van der Waals surface area contributed by atoms with Crippen LogP contribution in [0.2, 0.25) is 0 Å². The molecular formula is C13H15F2NO3. The van der Waals surface area contributed by atoms with Crippen LogP contribution < -0.4 is 5.32 Å². The van der Waals surface area contributed by atoms with Gasteiger partial charge in [0, 0.05) is 11.6 Å². The van der Waals surface area contributed by atoms with E-state index in [1.165, 1.54) is 0 Å². The summed E-state index contributed by atoms with van der Waals surface area (Å²) in [6.45, 7) is 3.23. The third kappa shape index (κ3) is 3.27. The molecular weight excluding hydrogens is 256 g/mol. The highest BCUT2D eigenvalue weighted by Crippen LogP contribution is 2.17. The fraction of sp³-hybridized carbons (Fsp3) is 0.385. The molecule has 2 N–H and O–H groups in total. The summed E-state index contributed by atoms with van der Waals surface area (Å²) in [4.78, 5) is 23.1. The SMILES string of the molecule is CCC(CC)(NC(=O)c1cc(F)cc(F)c1)C(=O)O. The first-order chi connectivity index (χ1) is 8.84. The summed E-state index contributed by atoms with van der Waals surface area (Å²) < 4.78 is 26.0. The van der Waals surface area contributed by atoms with E-state index in [1.807, 2.05) is 0 Å². The van der Waals surface area contributed by atoms with Crippen LogP contribution in [-0.2, 0) is 4.79 Å². The smallest absolute Gasteiger partial charge is 0.329 e. The molecule has 0 saturated heterocycles. The van der Waals surface area contributed by atoms with E-state index >= 15 is 0 Å². The zero-order valence-electron chi connectivity index (χ0n) is 10.7. The number of carbonyl (C=O) groups excluding carboxylic acids is 1. The minimum atomic E-state index is -1.43. The second-order valence-corrected chi connectivity index (χ2v) is 4.21. The van der Waals surface area contributed by atoms with Crippen LogP contribution in [0.25, 0.3) is 0 Å². The van der Waals surface area contributed by atoms with Crippen molar-refractivity contribution in [3.63, 3.8) is 0 Å². The fourth-order valence-electron chi connectivity index (χ4n) is 1.76. The molecule has 0 fully saturated rings. The second kappa shape index (κ2) is 5.77. The number of nitrogens with one attached hydrogen (secondary N) is 1. The first kappa shape index (κ1) is 15.1. The van der Waals surface area contributed by atoms with Crippen molar-refractivity contribution in [3.05, 3.63) is 35.4 Å². The van der Waals surface area contributed by atoms with Gasteiger partial charge < -0.3 is 10.4 Å². The molecule has 1 amide bonds. The Morgan fingerprint density at radius 3 is 2.00 bits per heavy atom. The van der Waals surface area contributed by atoms with Gasteiger partial charge in [0.25, 0.3) is 5.91 Å². The molecule has 0 spiro atoms. The van der Waals surface area contributed by atoms with E-state index in [1.54, 1.807) is 13.8 Å². The topological polar surface area (TPSA) is 66.4 Å². The highest BCUT2D eigenvalue weighted by molar-refractivity contribution is 5.97. The third-order valence-electron chi connectivity index (χ3n) is 3.09. The van der Waals surface area contributed by atoms with Crippen molar-refractivity contribution in [3.8, 4) is 0 Å². The van der Waals surface area contributed by atoms with Gasteiger partial charge in [0.1, 0.15) is 17.2 Å². The molecule has 4 nitrogen and oxygen atoms in total. The summed E-state index contributed by atoms with van der Waals surface area (Å²) in [5.74, 6) is -3.77. The number of carboxylic acid groups (broad SMARTS) is 1. The molecule has 0 aliphatic rings. The van der Waals surface area contributed by atoms with Gasteiger partial charge in [-0.1, -0.05) is 13.8 Å². The molecule has 0 aromatic heterocycles. The zero-order chi connectivity index (χ0) is 14.6. The number of hydrogen-bond acceptors (Lipinski definition) is 2. The number of halogens is 2. The van der Waals surface area contributed by atoms with Gasteiger partial charge in [0.2, 0.25) is 0 Å². The summed E-state index contributed by atoms with van der Waals surface area (Å²) in [7, 11) is 0. The molecule has 0 aliphatic carbocycles. The van der Waals surface area contributed by atoms with E-state index in [4.69, 9.17) is 5.11 Å². The Morgan fingerprint density at radius 1 is 1.16 bits per heavy atom. The van der Waals surface area contributed by atoms with Crippen molar-refractivity contribution in [2.24, 2.45) is 0 Å². The van der Waals surface area contributed by atoms with Crippen LogP contribution in [0, 0.1) is 11.6 Å². The van der Waals surface area contributed by atoms with Gasteiger partial charge in [0.15, 0.2) is 0 Å². The first-order valence-corrected chi connectivity index (χ1v) is 5.86. The maximum Gasteiger partial charge on any atom is 0.329 e. The van der Waals surface area contributed by atoms with Crippen molar-refractivity contribution in [1.29, 1.82) is 0 Å². The van der Waals surface area contributed by atoms with E-state index in [0.717, 1.165) is 12.1 Å². The van der Waals surface area contributed by atoms with Crippen molar-refractivity contribution in [2.45, 2.75) is 32.2 Å². The number of amides is 1. The molecule has 19 heavy (non-hydrogen) atoms. The van der Waals surface area contributed by atoms with Crippen LogP contribution in [0.1, 0.15) is 37.0 Å². The Morgan fingerprint density at radius 2 is 1.63 bits per heavy atom. The summed E-state index contributed by atoms with van der Waals surface area (Å²) in [5.41, 5.74) is -1.68. The molecule has 1 aromatic rings. The largest absolute Gasteiger partial charge is 0.480 e.